The molecule has 5 aromatic carbocycles. The lowest BCUT2D eigenvalue weighted by Crippen LogP contribution is -2.52. The summed E-state index contributed by atoms with van der Waals surface area (Å²) in [4.78, 5) is 167. The van der Waals surface area contributed by atoms with Gasteiger partial charge in [-0.1, -0.05) is 145 Å². The molecule has 7 heterocycles. The molecule has 1 fully saturated rings. The zero-order valence-electron chi connectivity index (χ0n) is 82.8. The van der Waals surface area contributed by atoms with Gasteiger partial charge in [-0.25, -0.2) is 4.39 Å². The van der Waals surface area contributed by atoms with E-state index in [-0.39, 0.29) is 124 Å². The van der Waals surface area contributed by atoms with Crippen LogP contribution in [0, 0.1) is 75.4 Å². The Bertz CT molecular complexity index is 6370. The molecule has 11 aromatic rings. The number of hydrogen-bond acceptors (Lipinski definition) is 16. The molecule has 25 nitrogen and oxygen atoms in total. The number of halogens is 6. The monoisotopic (exact) mass is 1980 g/mol. The Morgan fingerprint density at radius 1 is 0.430 bits per heavy atom. The summed E-state index contributed by atoms with van der Waals surface area (Å²) in [7, 11) is 0. The van der Waals surface area contributed by atoms with Crippen LogP contribution in [0.1, 0.15) is 250 Å². The summed E-state index contributed by atoms with van der Waals surface area (Å²) in [5.41, 5.74) is 8.85. The fourth-order valence-electron chi connectivity index (χ4n) is 17.2. The number of likely N-dealkylation sites (tertiary alicyclic amines) is 1. The number of pyridine rings is 6. The summed E-state index contributed by atoms with van der Waals surface area (Å²) in [6.45, 7) is 29.5. The highest BCUT2D eigenvalue weighted by molar-refractivity contribution is 6.39. The maximum absolute atomic E-state index is 14.6. The second-order valence-electron chi connectivity index (χ2n) is 37.9. The van der Waals surface area contributed by atoms with Crippen LogP contribution >= 0.6 is 23.2 Å². The summed E-state index contributed by atoms with van der Waals surface area (Å²) in [5, 5.41) is 31.7. The van der Waals surface area contributed by atoms with Gasteiger partial charge in [0.2, 0.25) is 29.5 Å². The molecular formula is C111H124Cl2F4N12O13. The second-order valence-corrected chi connectivity index (χ2v) is 38.7. The molecule has 1 saturated heterocycles. The molecule has 1 aliphatic heterocycles. The Balaban J connectivity index is 0.000000211. The lowest BCUT2D eigenvalue weighted by Gasteiger charge is -2.35. The first-order valence-electron chi connectivity index (χ1n) is 47.3. The molecule has 0 saturated carbocycles. The molecule has 1 aliphatic rings. The summed E-state index contributed by atoms with van der Waals surface area (Å²) in [6, 6.07) is 39.7. The van der Waals surface area contributed by atoms with Crippen LogP contribution in [0.4, 0.5) is 17.6 Å². The summed E-state index contributed by atoms with van der Waals surface area (Å²) < 4.78 is 60.2. The third kappa shape index (κ3) is 31.8. The van der Waals surface area contributed by atoms with Crippen LogP contribution in [0.5, 0.6) is 0 Å². The Hall–Kier alpha value is -14.0. The van der Waals surface area contributed by atoms with E-state index in [4.69, 9.17) is 23.2 Å². The molecule has 0 aliphatic carbocycles. The number of carboxylic acids is 1. The van der Waals surface area contributed by atoms with E-state index in [1.165, 1.54) is 77.2 Å². The smallest absolute Gasteiger partial charge is 0.417 e. The van der Waals surface area contributed by atoms with Crippen molar-refractivity contribution in [1.29, 1.82) is 5.26 Å². The largest absolute Gasteiger partial charge is 0.481 e. The Kier molecular flexibility index (Phi) is 40.9. The van der Waals surface area contributed by atoms with Crippen LogP contribution in [-0.2, 0) is 49.3 Å². The fraction of sp³-hybridized carbons (Fsp3) is 0.369. The van der Waals surface area contributed by atoms with Crippen LogP contribution in [0.2, 0.25) is 10.0 Å². The van der Waals surface area contributed by atoms with E-state index in [0.29, 0.717) is 104 Å². The summed E-state index contributed by atoms with van der Waals surface area (Å²) >= 11 is 12.7. The van der Waals surface area contributed by atoms with Gasteiger partial charge in [0, 0.05) is 150 Å². The van der Waals surface area contributed by atoms with Gasteiger partial charge in [-0.2, -0.15) is 18.4 Å². The molecule has 0 radical (unpaired) electrons. The number of ketones is 3. The van der Waals surface area contributed by atoms with Crippen LogP contribution in [0.15, 0.2) is 228 Å². The van der Waals surface area contributed by atoms with Gasteiger partial charge in [0.15, 0.2) is 0 Å². The van der Waals surface area contributed by atoms with Crippen molar-refractivity contribution in [3.8, 4) is 50.6 Å². The predicted molar refractivity (Wildman–Crippen MR) is 542 cm³/mol. The molecule has 31 heteroatoms. The van der Waals surface area contributed by atoms with Gasteiger partial charge in [0.05, 0.1) is 47.8 Å². The first-order chi connectivity index (χ1) is 67.2. The number of benzene rings is 5. The van der Waals surface area contributed by atoms with Gasteiger partial charge in [-0.05, 0) is 252 Å². The van der Waals surface area contributed by atoms with Gasteiger partial charge >= 0.3 is 12.1 Å². The zero-order chi connectivity index (χ0) is 104. The number of aliphatic carboxylic acids is 1. The molecular weight excluding hydrogens is 1860 g/mol. The number of piperidine rings is 1. The molecule has 8 atom stereocenters. The SMILES string of the molecule is CC(=O)C[C@H](NC(=O)C(CC(C)C)N1CCCCC1=O)c1cncc(-c2c(C)cccc2C(F)(F)F)c1.CC(=O)C[C@H](NC(=O)C(CC(C)C)n1ccc(C)cc1=O)c1cncc(-c2c(C)cccc2F)c1.CC(=O)C[C@H](NC(=O)C(CC(C)C)n1ccc(C)cc1=O)c1cncc(-c2ccccc2C#N)c1.Cc1ccn(C(CC(C)C)C(=O)N[C@@H](CC(=O)O)c2cccc(-c3c(Cl)cccc3Cl)c2)c(=O)c1. The third-order valence-electron chi connectivity index (χ3n) is 23.9. The van der Waals surface area contributed by atoms with Gasteiger partial charge < -0.3 is 45.0 Å². The van der Waals surface area contributed by atoms with E-state index in [9.17, 15) is 85.5 Å². The van der Waals surface area contributed by atoms with Crippen molar-refractivity contribution in [2.24, 2.45) is 23.7 Å². The lowest BCUT2D eigenvalue weighted by atomic mass is 9.93. The maximum Gasteiger partial charge on any atom is 0.417 e. The molecule has 0 spiro atoms. The number of nitrogens with one attached hydrogen (secondary N) is 4. The zero-order valence-corrected chi connectivity index (χ0v) is 84.3. The summed E-state index contributed by atoms with van der Waals surface area (Å²) in [5.74, 6) is -2.82. The van der Waals surface area contributed by atoms with Crippen LogP contribution < -0.4 is 37.9 Å². The number of Topliss-reactive ketones (excluding diaryl/α,β-unsaturated/α-hetero) is 3. The van der Waals surface area contributed by atoms with Crippen LogP contribution in [0.3, 0.4) is 0 Å². The van der Waals surface area contributed by atoms with Crippen LogP contribution in [-0.4, -0.2) is 104 Å². The minimum atomic E-state index is -4.56. The maximum atomic E-state index is 14.6. The highest BCUT2D eigenvalue weighted by Gasteiger charge is 2.38. The van der Waals surface area contributed by atoms with Crippen LogP contribution in [0.25, 0.3) is 44.5 Å². The van der Waals surface area contributed by atoms with Crippen molar-refractivity contribution in [2.45, 2.75) is 236 Å². The van der Waals surface area contributed by atoms with Gasteiger partial charge in [-0.15, -0.1) is 0 Å². The highest BCUT2D eigenvalue weighted by atomic mass is 35.5. The second kappa shape index (κ2) is 52.0. The molecule has 6 aromatic heterocycles. The van der Waals surface area contributed by atoms with Gasteiger partial charge in [0.25, 0.3) is 16.7 Å². The number of rotatable bonds is 36. The number of aromatic nitrogens is 6. The molecule has 748 valence electrons. The number of carbonyl (C=O) groups excluding carboxylic acids is 8. The fourth-order valence-corrected chi connectivity index (χ4v) is 17.8. The van der Waals surface area contributed by atoms with E-state index in [1.807, 2.05) is 113 Å². The Morgan fingerprint density at radius 2 is 0.803 bits per heavy atom. The summed E-state index contributed by atoms with van der Waals surface area (Å²) in [6.07, 6.45) is 13.1. The van der Waals surface area contributed by atoms with E-state index >= 15 is 0 Å². The Labute approximate surface area is 835 Å². The van der Waals surface area contributed by atoms with Gasteiger partial charge in [-0.3, -0.25) is 72.5 Å². The Morgan fingerprint density at radius 3 is 1.20 bits per heavy atom. The molecule has 4 unspecified atom stereocenters. The minimum absolute atomic E-state index is 0.00819. The van der Waals surface area contributed by atoms with E-state index in [0.717, 1.165) is 52.3 Å². The standard InChI is InChI=1S/C28H34F3N3O3.C28H32FN3O3.C28H30N4O3.C27H28Cl2N2O4/c1-17(2)12-24(34-11-6-5-10-25(34)36)27(37)33-23(13-19(4)35)20-14-21(16-32-15-20)26-18(3)8-7-9-22(26)28(29,30)31;1-17(2)11-25(32-10-9-18(3)12-26(32)34)28(35)31-24(13-20(5)33)21-14-22(16-30-15-21)27-19(4)7-6-8-23(27)29;1-18(2)11-26(32-10-9-19(3)12-27(32)34)28(35)31-25(13-20(4)33)23-14-22(16-30-17-23)24-8-6-5-7-21(24)15-29;1-16(2)12-23(31-11-10-17(3)13-24(31)32)27(35)30-22(15-25(33)34)18-6-4-7-19(14-18)26-20(28)8-5-9-21(26)29/h7-9,14-17,23-24H,5-6,10-13H2,1-4H3,(H,33,37);6-10,12,14-17,24-25H,11,13H2,1-5H3,(H,31,35);5-10,12,14,16-18,25-26H,11,13H2,1-4H3,(H,31,35);4-11,13-14,16,22-23H,12,15H2,1-3H3,(H,30,35)(H,33,34)/t23-,24?;24-,25?;25-,26?;22-,23?/m0000/s1. The van der Waals surface area contributed by atoms with Crippen molar-refractivity contribution < 1.29 is 65.8 Å². The number of nitriles is 1. The number of hydrogen-bond donors (Lipinski definition) is 5. The van der Waals surface area contributed by atoms with Crippen molar-refractivity contribution in [2.75, 3.05) is 6.54 Å². The average Bonchev–Trinajstić information content (AvgIpc) is 0.777. The van der Waals surface area contributed by atoms with Crippen molar-refractivity contribution in [1.82, 2.24) is 54.8 Å². The molecule has 12 rings (SSSR count). The van der Waals surface area contributed by atoms with Crippen molar-refractivity contribution in [3.63, 3.8) is 0 Å². The number of aryl methyl sites for hydroxylation is 5. The van der Waals surface area contributed by atoms with E-state index in [2.05, 4.69) is 42.3 Å². The molecule has 5 N–H and O–H groups in total. The number of carboxylic acid groups (broad SMARTS) is 1. The average molecular weight is 1980 g/mol. The van der Waals surface area contributed by atoms with E-state index < -0.39 is 72.0 Å². The quantitative estimate of drug-likeness (QED) is 0.0228. The predicted octanol–water partition coefficient (Wildman–Crippen LogP) is 21.3. The highest BCUT2D eigenvalue weighted by Crippen LogP contribution is 2.42. The van der Waals surface area contributed by atoms with Gasteiger partial charge in [0.1, 0.15) is 47.3 Å². The number of alkyl halides is 3. The molecule has 142 heavy (non-hydrogen) atoms. The number of amides is 5. The number of carbonyl (C=O) groups is 9. The molecule has 5 amide bonds. The molecule has 0 bridgehead atoms. The first kappa shape index (κ1) is 112. The lowest BCUT2D eigenvalue weighted by molar-refractivity contribution is -0.143. The first-order valence-corrected chi connectivity index (χ1v) is 48.0. The topological polar surface area (TPSA) is 354 Å². The van der Waals surface area contributed by atoms with Crippen molar-refractivity contribution in [3.05, 3.63) is 322 Å². The van der Waals surface area contributed by atoms with Crippen molar-refractivity contribution >= 4 is 76.1 Å². The normalized spacial score (nSPS) is 13.6. The number of nitrogens with zero attached hydrogens (tertiary/aromatic N) is 8. The van der Waals surface area contributed by atoms with E-state index in [1.54, 1.807) is 146 Å². The minimum Gasteiger partial charge on any atom is -0.481 e. The third-order valence-corrected chi connectivity index (χ3v) is 24.6.